The number of nitrogens with one attached hydrogen (secondary N) is 2. The van der Waals surface area contributed by atoms with Gasteiger partial charge in [-0.25, -0.2) is 13.2 Å². The molecular formula is C21H18ClN3O6S. The summed E-state index contributed by atoms with van der Waals surface area (Å²) in [6.07, 6.45) is 2.97. The molecule has 32 heavy (non-hydrogen) atoms. The number of rotatable bonds is 9. The number of anilines is 1. The van der Waals surface area contributed by atoms with Crippen molar-refractivity contribution in [2.75, 3.05) is 11.9 Å². The summed E-state index contributed by atoms with van der Waals surface area (Å²) in [5, 5.41) is 11.9. The van der Waals surface area contributed by atoms with Crippen molar-refractivity contribution in [2.45, 2.75) is 10.9 Å². The van der Waals surface area contributed by atoms with Gasteiger partial charge in [0.15, 0.2) is 0 Å². The largest absolute Gasteiger partial charge is 0.490 e. The van der Waals surface area contributed by atoms with Crippen molar-refractivity contribution >= 4 is 39.2 Å². The van der Waals surface area contributed by atoms with Gasteiger partial charge in [0.25, 0.3) is 0 Å². The minimum atomic E-state index is -4.08. The van der Waals surface area contributed by atoms with Crippen LogP contribution in [-0.4, -0.2) is 43.0 Å². The SMILES string of the molecule is O=C(O)c1ccc(NC(=O)C(COc2cccnc2)NS(=O)(=O)c2ccc(Cl)cc2)cc1. The maximum Gasteiger partial charge on any atom is 0.335 e. The second kappa shape index (κ2) is 10.2. The fraction of sp³-hybridized carbons (Fsp3) is 0.0952. The highest BCUT2D eigenvalue weighted by molar-refractivity contribution is 7.89. The number of amides is 1. The molecule has 1 aromatic heterocycles. The molecular weight excluding hydrogens is 458 g/mol. The van der Waals surface area contributed by atoms with E-state index < -0.39 is 27.9 Å². The van der Waals surface area contributed by atoms with Crippen molar-refractivity contribution in [3.8, 4) is 5.75 Å². The predicted molar refractivity (Wildman–Crippen MR) is 117 cm³/mol. The van der Waals surface area contributed by atoms with E-state index in [0.29, 0.717) is 10.8 Å². The van der Waals surface area contributed by atoms with Crippen molar-refractivity contribution in [3.63, 3.8) is 0 Å². The van der Waals surface area contributed by atoms with E-state index in [1.807, 2.05) is 0 Å². The van der Waals surface area contributed by atoms with Crippen LogP contribution in [-0.2, 0) is 14.8 Å². The number of hydrogen-bond donors (Lipinski definition) is 3. The Bertz CT molecular complexity index is 1190. The van der Waals surface area contributed by atoms with Gasteiger partial charge in [0.05, 0.1) is 16.7 Å². The predicted octanol–water partition coefficient (Wildman–Crippen LogP) is 2.80. The lowest BCUT2D eigenvalue weighted by molar-refractivity contribution is -0.118. The summed E-state index contributed by atoms with van der Waals surface area (Å²) in [4.78, 5) is 27.7. The molecule has 3 rings (SSSR count). The first-order chi connectivity index (χ1) is 15.2. The molecule has 3 N–H and O–H groups in total. The Labute approximate surface area is 189 Å². The van der Waals surface area contributed by atoms with Crippen LogP contribution in [0.5, 0.6) is 5.75 Å². The molecule has 0 radical (unpaired) electrons. The smallest absolute Gasteiger partial charge is 0.335 e. The highest BCUT2D eigenvalue weighted by Gasteiger charge is 2.27. The Morgan fingerprint density at radius 1 is 1.06 bits per heavy atom. The first-order valence-corrected chi connectivity index (χ1v) is 11.1. The number of ether oxygens (including phenoxy) is 1. The van der Waals surface area contributed by atoms with Crippen LogP contribution < -0.4 is 14.8 Å². The summed E-state index contributed by atoms with van der Waals surface area (Å²) in [6, 6.07) is 12.8. The van der Waals surface area contributed by atoms with Gasteiger partial charge in [-0.3, -0.25) is 9.78 Å². The highest BCUT2D eigenvalue weighted by Crippen LogP contribution is 2.16. The lowest BCUT2D eigenvalue weighted by Crippen LogP contribution is -2.47. The van der Waals surface area contributed by atoms with E-state index in [1.54, 1.807) is 18.3 Å². The molecule has 0 aliphatic rings. The fourth-order valence-corrected chi connectivity index (χ4v) is 3.88. The molecule has 0 aliphatic carbocycles. The molecule has 0 bridgehead atoms. The Hall–Kier alpha value is -3.47. The number of benzene rings is 2. The van der Waals surface area contributed by atoms with E-state index in [0.717, 1.165) is 0 Å². The minimum Gasteiger partial charge on any atom is -0.490 e. The van der Waals surface area contributed by atoms with Crippen molar-refractivity contribution in [1.29, 1.82) is 0 Å². The maximum atomic E-state index is 12.8. The van der Waals surface area contributed by atoms with Crippen LogP contribution >= 0.6 is 11.6 Å². The van der Waals surface area contributed by atoms with Crippen LogP contribution in [0.2, 0.25) is 5.02 Å². The molecule has 1 amide bonds. The van der Waals surface area contributed by atoms with E-state index in [2.05, 4.69) is 15.0 Å². The lowest BCUT2D eigenvalue weighted by atomic mass is 10.2. The molecule has 0 fully saturated rings. The van der Waals surface area contributed by atoms with Crippen LogP contribution in [0.3, 0.4) is 0 Å². The summed E-state index contributed by atoms with van der Waals surface area (Å²) in [5.41, 5.74) is 0.333. The molecule has 0 saturated heterocycles. The number of hydrogen-bond acceptors (Lipinski definition) is 6. The summed E-state index contributed by atoms with van der Waals surface area (Å²) in [7, 11) is -4.08. The first-order valence-electron chi connectivity index (χ1n) is 9.19. The van der Waals surface area contributed by atoms with Crippen molar-refractivity contribution in [2.24, 2.45) is 0 Å². The number of halogens is 1. The third kappa shape index (κ3) is 6.27. The van der Waals surface area contributed by atoms with E-state index in [-0.39, 0.29) is 22.8 Å². The quantitative estimate of drug-likeness (QED) is 0.433. The average molecular weight is 476 g/mol. The van der Waals surface area contributed by atoms with E-state index >= 15 is 0 Å². The van der Waals surface area contributed by atoms with Gasteiger partial charge < -0.3 is 15.2 Å². The number of carbonyl (C=O) groups is 2. The number of aromatic carboxylic acids is 1. The van der Waals surface area contributed by atoms with Crippen LogP contribution in [0.1, 0.15) is 10.4 Å². The number of pyridine rings is 1. The number of sulfonamides is 1. The first kappa shape index (κ1) is 23.2. The lowest BCUT2D eigenvalue weighted by Gasteiger charge is -2.19. The molecule has 1 unspecified atom stereocenters. The summed E-state index contributed by atoms with van der Waals surface area (Å²) < 4.78 is 33.4. The maximum absolute atomic E-state index is 12.8. The molecule has 0 saturated carbocycles. The van der Waals surface area contributed by atoms with Gasteiger partial charge in [-0.1, -0.05) is 11.6 Å². The second-order valence-electron chi connectivity index (χ2n) is 6.50. The number of carboxylic acid groups (broad SMARTS) is 1. The Balaban J connectivity index is 1.79. The summed E-state index contributed by atoms with van der Waals surface area (Å²) in [6.45, 7) is -0.322. The molecule has 1 heterocycles. The zero-order chi connectivity index (χ0) is 23.1. The van der Waals surface area contributed by atoms with Crippen LogP contribution in [0.15, 0.2) is 78.0 Å². The number of aromatic nitrogens is 1. The topological polar surface area (TPSA) is 135 Å². The molecule has 166 valence electrons. The number of nitrogens with zero attached hydrogens (tertiary/aromatic N) is 1. The summed E-state index contributed by atoms with van der Waals surface area (Å²) in [5.74, 6) is -1.46. The monoisotopic (exact) mass is 475 g/mol. The van der Waals surface area contributed by atoms with Gasteiger partial charge in [-0.05, 0) is 60.7 Å². The second-order valence-corrected chi connectivity index (χ2v) is 8.65. The minimum absolute atomic E-state index is 0.0444. The normalized spacial score (nSPS) is 12.0. The van der Waals surface area contributed by atoms with Crippen LogP contribution in [0, 0.1) is 0 Å². The standard InChI is InChI=1S/C21H18ClN3O6S/c22-15-5-9-18(10-6-15)32(29,30)25-19(13-31-17-2-1-11-23-12-17)20(26)24-16-7-3-14(4-8-16)21(27)28/h1-12,19,25H,13H2,(H,24,26)(H,27,28). The van der Waals surface area contributed by atoms with Gasteiger partial charge in [0, 0.05) is 16.9 Å². The average Bonchev–Trinajstić information content (AvgIpc) is 2.78. The molecule has 11 heteroatoms. The Morgan fingerprint density at radius 2 is 1.75 bits per heavy atom. The fourth-order valence-electron chi connectivity index (χ4n) is 2.57. The van der Waals surface area contributed by atoms with Gasteiger partial charge in [0.1, 0.15) is 18.4 Å². The molecule has 3 aromatic rings. The van der Waals surface area contributed by atoms with Gasteiger partial charge >= 0.3 is 5.97 Å². The van der Waals surface area contributed by atoms with E-state index in [4.69, 9.17) is 21.4 Å². The number of carboxylic acids is 1. The Kier molecular flexibility index (Phi) is 7.41. The summed E-state index contributed by atoms with van der Waals surface area (Å²) >= 11 is 5.81. The Morgan fingerprint density at radius 3 is 2.34 bits per heavy atom. The van der Waals surface area contributed by atoms with Crippen molar-refractivity contribution < 1.29 is 27.9 Å². The third-order valence-corrected chi connectivity index (χ3v) is 5.93. The zero-order valence-corrected chi connectivity index (χ0v) is 18.0. The van der Waals surface area contributed by atoms with Crippen molar-refractivity contribution in [1.82, 2.24) is 9.71 Å². The third-order valence-electron chi connectivity index (χ3n) is 4.19. The van der Waals surface area contributed by atoms with Crippen LogP contribution in [0.4, 0.5) is 5.69 Å². The van der Waals surface area contributed by atoms with Gasteiger partial charge in [-0.15, -0.1) is 0 Å². The van der Waals surface area contributed by atoms with E-state index in [9.17, 15) is 18.0 Å². The van der Waals surface area contributed by atoms with Crippen molar-refractivity contribution in [3.05, 3.63) is 83.6 Å². The van der Waals surface area contributed by atoms with Crippen LogP contribution in [0.25, 0.3) is 0 Å². The molecule has 2 aromatic carbocycles. The molecule has 0 aliphatic heterocycles. The molecule has 1 atom stereocenters. The van der Waals surface area contributed by atoms with Gasteiger partial charge in [-0.2, -0.15) is 4.72 Å². The van der Waals surface area contributed by atoms with E-state index in [1.165, 1.54) is 54.7 Å². The molecule has 0 spiro atoms. The zero-order valence-electron chi connectivity index (χ0n) is 16.4. The number of carbonyl (C=O) groups excluding carboxylic acids is 1. The van der Waals surface area contributed by atoms with Gasteiger partial charge in [0.2, 0.25) is 15.9 Å². The molecule has 9 nitrogen and oxygen atoms in total. The highest BCUT2D eigenvalue weighted by atomic mass is 35.5.